The Kier molecular flexibility index (Phi) is 5.77. The Morgan fingerprint density at radius 2 is 2.18 bits per heavy atom. The lowest BCUT2D eigenvalue weighted by atomic mass is 10.0. The highest BCUT2D eigenvalue weighted by atomic mass is 32.2. The summed E-state index contributed by atoms with van der Waals surface area (Å²) >= 11 is 0. The normalized spacial score (nSPS) is 19.6. The molecule has 0 unspecified atom stereocenters. The summed E-state index contributed by atoms with van der Waals surface area (Å²) in [5.74, 6) is 0.702. The van der Waals surface area contributed by atoms with Gasteiger partial charge in [0.15, 0.2) is 5.82 Å². The molecule has 4 N–H and O–H groups in total. The van der Waals surface area contributed by atoms with Crippen molar-refractivity contribution in [3.05, 3.63) is 18.0 Å². The van der Waals surface area contributed by atoms with Crippen molar-refractivity contribution in [3.63, 3.8) is 0 Å². The third-order valence-corrected chi connectivity index (χ3v) is 4.70. The summed E-state index contributed by atoms with van der Waals surface area (Å²) in [6.07, 6.45) is 4.15. The number of nitrogens with one attached hydrogen (secondary N) is 4. The lowest BCUT2D eigenvalue weighted by molar-refractivity contribution is 0.0981. The van der Waals surface area contributed by atoms with Crippen LogP contribution in [0.3, 0.4) is 0 Å². The Balaban J connectivity index is 1.54. The lowest BCUT2D eigenvalue weighted by Gasteiger charge is -2.14. The first kappa shape index (κ1) is 20.0. The number of aromatic amines is 1. The highest BCUT2D eigenvalue weighted by Gasteiger charge is 2.30. The highest BCUT2D eigenvalue weighted by Crippen LogP contribution is 2.36. The summed E-state index contributed by atoms with van der Waals surface area (Å²) < 4.78 is 35.3. The average molecular weight is 412 g/mol. The molecule has 1 saturated carbocycles. The Bertz CT molecular complexity index is 922. The largest absolute Gasteiger partial charge is 0.446 e. The van der Waals surface area contributed by atoms with Gasteiger partial charge < -0.3 is 14.5 Å². The first-order valence-corrected chi connectivity index (χ1v) is 10.8. The van der Waals surface area contributed by atoms with Crippen LogP contribution in [0, 0.1) is 0 Å². The fourth-order valence-electron chi connectivity index (χ4n) is 3.03. The second-order valence-corrected chi connectivity index (χ2v) is 8.82. The molecule has 0 aliphatic heterocycles. The molecular formula is C16H24N6O5S. The molecule has 1 aliphatic carbocycles. The third kappa shape index (κ3) is 5.62. The van der Waals surface area contributed by atoms with E-state index in [0.29, 0.717) is 12.2 Å². The molecule has 2 aromatic heterocycles. The average Bonchev–Trinajstić information content (AvgIpc) is 3.27. The molecule has 2 aromatic rings. The number of carbonyl (C=O) groups excluding carboxylic acids is 1. The van der Waals surface area contributed by atoms with Crippen molar-refractivity contribution in [2.45, 2.75) is 51.2 Å². The Morgan fingerprint density at radius 1 is 1.39 bits per heavy atom. The van der Waals surface area contributed by atoms with E-state index in [9.17, 15) is 13.2 Å². The zero-order valence-corrected chi connectivity index (χ0v) is 16.7. The zero-order valence-electron chi connectivity index (χ0n) is 15.9. The monoisotopic (exact) mass is 412 g/mol. The van der Waals surface area contributed by atoms with E-state index in [4.69, 9.17) is 9.15 Å². The van der Waals surface area contributed by atoms with Crippen LogP contribution in [0.1, 0.15) is 44.7 Å². The lowest BCUT2D eigenvalue weighted by Crippen LogP contribution is -2.33. The molecule has 0 spiro atoms. The van der Waals surface area contributed by atoms with Crippen LogP contribution in [-0.4, -0.2) is 48.1 Å². The van der Waals surface area contributed by atoms with Gasteiger partial charge >= 0.3 is 12.1 Å². The van der Waals surface area contributed by atoms with Crippen LogP contribution >= 0.6 is 0 Å². The van der Waals surface area contributed by atoms with E-state index in [1.807, 2.05) is 19.9 Å². The first-order chi connectivity index (χ1) is 13.2. The van der Waals surface area contributed by atoms with Crippen LogP contribution in [0.5, 0.6) is 0 Å². The SMILES string of the molecule is CC(C)NC(=O)O[C@@H]1CC[C@H](c2cc(Nc3ncc(NS(C)(=O)=O)o3)n[nH]2)C1. The number of nitrogens with zero attached hydrogens (tertiary/aromatic N) is 2. The molecule has 3 rings (SSSR count). The fraction of sp³-hybridized carbons (Fsp3) is 0.562. The van der Waals surface area contributed by atoms with Gasteiger partial charge in [0.05, 0.1) is 12.5 Å². The van der Waals surface area contributed by atoms with Gasteiger partial charge in [0.1, 0.15) is 6.10 Å². The predicted molar refractivity (Wildman–Crippen MR) is 102 cm³/mol. The molecule has 0 bridgehead atoms. The van der Waals surface area contributed by atoms with Crippen molar-refractivity contribution >= 4 is 33.8 Å². The second-order valence-electron chi connectivity index (χ2n) is 7.07. The summed E-state index contributed by atoms with van der Waals surface area (Å²) in [5, 5.41) is 12.7. The van der Waals surface area contributed by atoms with Crippen LogP contribution < -0.4 is 15.4 Å². The molecule has 28 heavy (non-hydrogen) atoms. The molecule has 0 aromatic carbocycles. The van der Waals surface area contributed by atoms with Crippen LogP contribution in [-0.2, 0) is 14.8 Å². The van der Waals surface area contributed by atoms with E-state index >= 15 is 0 Å². The van der Waals surface area contributed by atoms with E-state index in [2.05, 4.69) is 30.5 Å². The van der Waals surface area contributed by atoms with E-state index in [1.54, 1.807) is 0 Å². The maximum Gasteiger partial charge on any atom is 0.407 e. The second kappa shape index (κ2) is 8.09. The van der Waals surface area contributed by atoms with Gasteiger partial charge in [-0.3, -0.25) is 15.1 Å². The minimum atomic E-state index is -3.44. The highest BCUT2D eigenvalue weighted by molar-refractivity contribution is 7.92. The van der Waals surface area contributed by atoms with Gasteiger partial charge in [0, 0.05) is 23.7 Å². The van der Waals surface area contributed by atoms with Crippen LogP contribution in [0.4, 0.5) is 22.5 Å². The van der Waals surface area contributed by atoms with Crippen molar-refractivity contribution in [3.8, 4) is 0 Å². The molecule has 0 saturated heterocycles. The summed E-state index contributed by atoms with van der Waals surface area (Å²) in [5.41, 5.74) is 0.916. The minimum Gasteiger partial charge on any atom is -0.446 e. The first-order valence-electron chi connectivity index (χ1n) is 8.91. The van der Waals surface area contributed by atoms with Gasteiger partial charge in [-0.25, -0.2) is 13.2 Å². The number of ether oxygens (including phenoxy) is 1. The summed E-state index contributed by atoms with van der Waals surface area (Å²) in [6.45, 7) is 3.76. The molecule has 1 amide bonds. The Labute approximate surface area is 162 Å². The van der Waals surface area contributed by atoms with Crippen LogP contribution in [0.25, 0.3) is 0 Å². The minimum absolute atomic E-state index is 0.0104. The van der Waals surface area contributed by atoms with Crippen molar-refractivity contribution in [1.29, 1.82) is 0 Å². The fourth-order valence-corrected chi connectivity index (χ4v) is 3.49. The number of anilines is 3. The van der Waals surface area contributed by atoms with Crippen LogP contribution in [0.2, 0.25) is 0 Å². The molecule has 2 atom stereocenters. The van der Waals surface area contributed by atoms with Crippen molar-refractivity contribution in [1.82, 2.24) is 20.5 Å². The molecule has 154 valence electrons. The van der Waals surface area contributed by atoms with Crippen LogP contribution in [0.15, 0.2) is 16.7 Å². The topological polar surface area (TPSA) is 151 Å². The number of amides is 1. The van der Waals surface area contributed by atoms with Gasteiger partial charge in [-0.05, 0) is 33.1 Å². The predicted octanol–water partition coefficient (Wildman–Crippen LogP) is 2.28. The number of sulfonamides is 1. The molecule has 2 heterocycles. The summed E-state index contributed by atoms with van der Waals surface area (Å²) in [4.78, 5) is 15.7. The maximum atomic E-state index is 11.7. The van der Waals surface area contributed by atoms with Gasteiger partial charge in [0.2, 0.25) is 15.9 Å². The van der Waals surface area contributed by atoms with E-state index in [0.717, 1.165) is 24.8 Å². The van der Waals surface area contributed by atoms with Gasteiger partial charge in [-0.2, -0.15) is 10.1 Å². The van der Waals surface area contributed by atoms with Gasteiger partial charge in [-0.15, -0.1) is 0 Å². The Hall–Kier alpha value is -2.76. The number of hydrogen-bond donors (Lipinski definition) is 4. The van der Waals surface area contributed by atoms with Crippen molar-refractivity contribution in [2.75, 3.05) is 16.3 Å². The zero-order chi connectivity index (χ0) is 20.3. The van der Waals surface area contributed by atoms with E-state index in [-0.39, 0.29) is 30.0 Å². The smallest absolute Gasteiger partial charge is 0.407 e. The molecule has 12 heteroatoms. The molecule has 1 fully saturated rings. The summed E-state index contributed by atoms with van der Waals surface area (Å²) in [7, 11) is -3.44. The van der Waals surface area contributed by atoms with E-state index < -0.39 is 16.1 Å². The number of H-pyrrole nitrogens is 1. The molecule has 0 radical (unpaired) electrons. The number of carbonyl (C=O) groups is 1. The molecule has 1 aliphatic rings. The number of aromatic nitrogens is 3. The number of alkyl carbamates (subject to hydrolysis) is 1. The Morgan fingerprint density at radius 3 is 2.89 bits per heavy atom. The van der Waals surface area contributed by atoms with Gasteiger partial charge in [0.25, 0.3) is 0 Å². The van der Waals surface area contributed by atoms with E-state index in [1.165, 1.54) is 6.20 Å². The third-order valence-electron chi connectivity index (χ3n) is 4.13. The number of oxazole rings is 1. The standard InChI is InChI=1S/C16H24N6O5S/c1-9(2)18-16(23)26-11-5-4-10(6-11)12-7-13(21-20-12)19-15-17-8-14(27-15)22-28(3,24)25/h7-11,22H,4-6H2,1-3H3,(H,18,23)(H2,17,19,20,21)/t10-,11+/m0/s1. The maximum absolute atomic E-state index is 11.7. The van der Waals surface area contributed by atoms with Crippen molar-refractivity contribution < 1.29 is 22.4 Å². The van der Waals surface area contributed by atoms with Gasteiger partial charge in [-0.1, -0.05) is 0 Å². The summed E-state index contributed by atoms with van der Waals surface area (Å²) in [6, 6.07) is 1.98. The molecular weight excluding hydrogens is 388 g/mol. The number of hydrogen-bond acceptors (Lipinski definition) is 8. The van der Waals surface area contributed by atoms with Crippen molar-refractivity contribution in [2.24, 2.45) is 0 Å². The quantitative estimate of drug-likeness (QED) is 0.540. The molecule has 11 nitrogen and oxygen atoms in total. The number of rotatable bonds is 7.